The Bertz CT molecular complexity index is 1090. The van der Waals surface area contributed by atoms with Crippen molar-refractivity contribution in [1.82, 2.24) is 24.3 Å². The molecule has 0 aliphatic carbocycles. The highest BCUT2D eigenvalue weighted by Gasteiger charge is 2.22. The van der Waals surface area contributed by atoms with Crippen LogP contribution in [0.4, 0.5) is 0 Å². The number of hydrogen-bond donors (Lipinski definition) is 0. The number of benzene rings is 1. The molecular formula is C21H23N5O3. The van der Waals surface area contributed by atoms with E-state index in [-0.39, 0.29) is 6.04 Å². The molecule has 0 fully saturated rings. The maximum absolute atomic E-state index is 11.3. The standard InChI is InChI=1S/C21H23N5O3/c1-13(2)26-21(22-14(3)24-26)17-12-25-9-10-29-18-11-15(6-8-19(27)28-4)5-7-16(18)20(25)23-17/h5-8,11-13H,9-10H2,1-4H3/b8-6+. The lowest BCUT2D eigenvalue weighted by Gasteiger charge is -2.08. The van der Waals surface area contributed by atoms with E-state index in [0.717, 1.165) is 40.0 Å². The van der Waals surface area contributed by atoms with Crippen LogP contribution in [-0.2, 0) is 16.1 Å². The number of aromatic nitrogens is 5. The van der Waals surface area contributed by atoms with Gasteiger partial charge in [0, 0.05) is 18.3 Å². The first-order valence-corrected chi connectivity index (χ1v) is 9.50. The number of hydrogen-bond acceptors (Lipinski definition) is 6. The van der Waals surface area contributed by atoms with Crippen molar-refractivity contribution in [3.63, 3.8) is 0 Å². The third-order valence-corrected chi connectivity index (χ3v) is 4.68. The van der Waals surface area contributed by atoms with Gasteiger partial charge in [-0.25, -0.2) is 19.4 Å². The fourth-order valence-corrected chi connectivity index (χ4v) is 3.31. The highest BCUT2D eigenvalue weighted by Crippen LogP contribution is 2.34. The Morgan fingerprint density at radius 1 is 1.28 bits per heavy atom. The molecule has 150 valence electrons. The number of ether oxygens (including phenoxy) is 2. The first-order chi connectivity index (χ1) is 14.0. The second-order valence-electron chi connectivity index (χ2n) is 7.12. The second kappa shape index (κ2) is 7.54. The molecule has 3 aromatic rings. The third-order valence-electron chi connectivity index (χ3n) is 4.68. The van der Waals surface area contributed by atoms with Gasteiger partial charge in [-0.15, -0.1) is 0 Å². The van der Waals surface area contributed by atoms with Gasteiger partial charge in [-0.05, 0) is 44.5 Å². The Morgan fingerprint density at radius 2 is 2.10 bits per heavy atom. The molecule has 1 aliphatic heterocycles. The minimum Gasteiger partial charge on any atom is -0.491 e. The number of esters is 1. The molecule has 3 heterocycles. The van der Waals surface area contributed by atoms with Crippen LogP contribution in [0.2, 0.25) is 0 Å². The van der Waals surface area contributed by atoms with E-state index >= 15 is 0 Å². The molecule has 0 unspecified atom stereocenters. The van der Waals surface area contributed by atoms with E-state index in [1.54, 1.807) is 6.08 Å². The fourth-order valence-electron chi connectivity index (χ4n) is 3.31. The zero-order valence-electron chi connectivity index (χ0n) is 16.9. The maximum Gasteiger partial charge on any atom is 0.330 e. The monoisotopic (exact) mass is 393 g/mol. The van der Waals surface area contributed by atoms with Crippen LogP contribution in [0.15, 0.2) is 30.5 Å². The molecular weight excluding hydrogens is 370 g/mol. The van der Waals surface area contributed by atoms with Gasteiger partial charge in [0.15, 0.2) is 5.82 Å². The van der Waals surface area contributed by atoms with Crippen molar-refractivity contribution < 1.29 is 14.3 Å². The molecule has 0 amide bonds. The maximum atomic E-state index is 11.3. The summed E-state index contributed by atoms with van der Waals surface area (Å²) in [5.41, 5.74) is 2.54. The first-order valence-electron chi connectivity index (χ1n) is 9.50. The summed E-state index contributed by atoms with van der Waals surface area (Å²) in [6, 6.07) is 5.97. The third kappa shape index (κ3) is 3.65. The summed E-state index contributed by atoms with van der Waals surface area (Å²) in [7, 11) is 1.35. The van der Waals surface area contributed by atoms with Crippen LogP contribution in [0.25, 0.3) is 29.0 Å². The number of carbonyl (C=O) groups is 1. The Labute approximate surface area is 168 Å². The average molecular weight is 393 g/mol. The number of fused-ring (bicyclic) bond motifs is 3. The molecule has 0 N–H and O–H groups in total. The predicted molar refractivity (Wildman–Crippen MR) is 108 cm³/mol. The van der Waals surface area contributed by atoms with E-state index in [1.807, 2.05) is 36.0 Å². The van der Waals surface area contributed by atoms with Crippen LogP contribution in [0.1, 0.15) is 31.3 Å². The fraction of sp³-hybridized carbons (Fsp3) is 0.333. The number of methoxy groups -OCH3 is 1. The molecule has 0 saturated carbocycles. The molecule has 1 aromatic carbocycles. The van der Waals surface area contributed by atoms with Crippen molar-refractivity contribution in [3.8, 4) is 28.7 Å². The molecule has 0 saturated heterocycles. The number of aryl methyl sites for hydroxylation is 1. The predicted octanol–water partition coefficient (Wildman–Crippen LogP) is 3.28. The molecule has 4 rings (SSSR count). The molecule has 29 heavy (non-hydrogen) atoms. The molecule has 0 atom stereocenters. The van der Waals surface area contributed by atoms with E-state index in [2.05, 4.69) is 33.2 Å². The van der Waals surface area contributed by atoms with Crippen molar-refractivity contribution in [1.29, 1.82) is 0 Å². The van der Waals surface area contributed by atoms with E-state index in [4.69, 9.17) is 9.72 Å². The number of nitrogens with zero attached hydrogens (tertiary/aromatic N) is 5. The SMILES string of the molecule is COC(=O)/C=C/c1ccc2c(c1)OCCn1cc(-c3nc(C)nn3C(C)C)nc1-2. The first kappa shape index (κ1) is 18.9. The van der Waals surface area contributed by atoms with Crippen LogP contribution in [0.3, 0.4) is 0 Å². The second-order valence-corrected chi connectivity index (χ2v) is 7.12. The summed E-state index contributed by atoms with van der Waals surface area (Å²) in [5.74, 6) is 2.65. The van der Waals surface area contributed by atoms with Crippen molar-refractivity contribution in [3.05, 3.63) is 41.9 Å². The van der Waals surface area contributed by atoms with Gasteiger partial charge >= 0.3 is 5.97 Å². The van der Waals surface area contributed by atoms with E-state index in [1.165, 1.54) is 13.2 Å². The minimum absolute atomic E-state index is 0.187. The van der Waals surface area contributed by atoms with Crippen LogP contribution >= 0.6 is 0 Å². The van der Waals surface area contributed by atoms with Crippen molar-refractivity contribution >= 4 is 12.0 Å². The summed E-state index contributed by atoms with van der Waals surface area (Å²) < 4.78 is 14.6. The molecule has 0 radical (unpaired) electrons. The largest absolute Gasteiger partial charge is 0.491 e. The highest BCUT2D eigenvalue weighted by atomic mass is 16.5. The Kier molecular flexibility index (Phi) is 4.92. The summed E-state index contributed by atoms with van der Waals surface area (Å²) in [6.45, 7) is 7.24. The van der Waals surface area contributed by atoms with Gasteiger partial charge in [-0.1, -0.05) is 6.07 Å². The Morgan fingerprint density at radius 3 is 2.86 bits per heavy atom. The van der Waals surface area contributed by atoms with E-state index in [9.17, 15) is 4.79 Å². The Balaban J connectivity index is 1.74. The summed E-state index contributed by atoms with van der Waals surface area (Å²) in [6.07, 6.45) is 5.09. The van der Waals surface area contributed by atoms with Crippen molar-refractivity contribution in [2.75, 3.05) is 13.7 Å². The molecule has 8 nitrogen and oxygen atoms in total. The van der Waals surface area contributed by atoms with Crippen LogP contribution < -0.4 is 4.74 Å². The summed E-state index contributed by atoms with van der Waals surface area (Å²) in [5, 5.41) is 4.50. The number of imidazole rings is 1. The smallest absolute Gasteiger partial charge is 0.330 e. The van der Waals surface area contributed by atoms with Gasteiger partial charge in [0.1, 0.15) is 29.7 Å². The molecule has 2 aromatic heterocycles. The topological polar surface area (TPSA) is 84.1 Å². The molecule has 0 bridgehead atoms. The lowest BCUT2D eigenvalue weighted by atomic mass is 10.1. The number of rotatable bonds is 4. The summed E-state index contributed by atoms with van der Waals surface area (Å²) in [4.78, 5) is 20.8. The molecule has 1 aliphatic rings. The van der Waals surface area contributed by atoms with Crippen molar-refractivity contribution in [2.45, 2.75) is 33.4 Å². The van der Waals surface area contributed by atoms with Crippen LogP contribution in [0, 0.1) is 6.92 Å². The Hall–Kier alpha value is -3.42. The van der Waals surface area contributed by atoms with Gasteiger partial charge in [0.25, 0.3) is 0 Å². The molecule has 8 heteroatoms. The van der Waals surface area contributed by atoms with Crippen LogP contribution in [-0.4, -0.2) is 44.0 Å². The quantitative estimate of drug-likeness (QED) is 0.500. The van der Waals surface area contributed by atoms with Gasteiger partial charge in [-0.3, -0.25) is 0 Å². The zero-order valence-corrected chi connectivity index (χ0v) is 16.9. The normalized spacial score (nSPS) is 13.1. The minimum atomic E-state index is -0.398. The summed E-state index contributed by atoms with van der Waals surface area (Å²) >= 11 is 0. The van der Waals surface area contributed by atoms with Gasteiger partial charge in [-0.2, -0.15) is 5.10 Å². The van der Waals surface area contributed by atoms with Crippen LogP contribution in [0.5, 0.6) is 5.75 Å². The van der Waals surface area contributed by atoms with Crippen molar-refractivity contribution in [2.24, 2.45) is 0 Å². The lowest BCUT2D eigenvalue weighted by molar-refractivity contribution is -0.134. The van der Waals surface area contributed by atoms with E-state index in [0.29, 0.717) is 13.2 Å². The average Bonchev–Trinajstić information content (AvgIpc) is 3.26. The van der Waals surface area contributed by atoms with E-state index < -0.39 is 5.97 Å². The lowest BCUT2D eigenvalue weighted by Crippen LogP contribution is -2.06. The highest BCUT2D eigenvalue weighted by molar-refractivity contribution is 5.87. The van der Waals surface area contributed by atoms with Gasteiger partial charge in [0.05, 0.1) is 19.2 Å². The zero-order chi connectivity index (χ0) is 20.5. The number of carbonyl (C=O) groups excluding carboxylic acids is 1. The molecule has 0 spiro atoms. The van der Waals surface area contributed by atoms with Gasteiger partial charge in [0.2, 0.25) is 0 Å². The van der Waals surface area contributed by atoms with Gasteiger partial charge < -0.3 is 14.0 Å².